The first-order valence-electron chi connectivity index (χ1n) is 3.94. The Morgan fingerprint density at radius 2 is 2.27 bits per heavy atom. The van der Waals surface area contributed by atoms with E-state index < -0.39 is 0 Å². The fourth-order valence-corrected chi connectivity index (χ4v) is 1.59. The molecule has 0 N–H and O–H groups in total. The molecule has 0 fully saturated rings. The maximum Gasteiger partial charge on any atom is 0.0437 e. The van der Waals surface area contributed by atoms with E-state index in [1.165, 1.54) is 11.1 Å². The van der Waals surface area contributed by atoms with Gasteiger partial charge in [0, 0.05) is 5.03 Å². The zero-order valence-corrected chi connectivity index (χ0v) is 7.78. The van der Waals surface area contributed by atoms with Crippen molar-refractivity contribution in [3.63, 3.8) is 0 Å². The minimum atomic E-state index is 0.909. The molecule has 0 unspecified atom stereocenters. The normalized spacial score (nSPS) is 19.4. The molecule has 1 aliphatic carbocycles. The van der Waals surface area contributed by atoms with Crippen LogP contribution in [0.15, 0.2) is 34.4 Å². The Balaban J connectivity index is 2.94. The van der Waals surface area contributed by atoms with Gasteiger partial charge in [-0.1, -0.05) is 35.4 Å². The first-order chi connectivity index (χ1) is 5.25. The monoisotopic (exact) mass is 168 g/mol. The average molecular weight is 169 g/mol. The van der Waals surface area contributed by atoms with Gasteiger partial charge in [0.05, 0.1) is 0 Å². The quantitative estimate of drug-likeness (QED) is 0.559. The van der Waals surface area contributed by atoms with Gasteiger partial charge in [0.25, 0.3) is 0 Å². The lowest BCUT2D eigenvalue weighted by atomic mass is 9.98. The number of hydrogen-bond donors (Lipinski definition) is 0. The van der Waals surface area contributed by atoms with Crippen molar-refractivity contribution in [1.29, 1.82) is 0 Å². The van der Waals surface area contributed by atoms with E-state index in [1.807, 2.05) is 13.0 Å². The van der Waals surface area contributed by atoms with Crippen molar-refractivity contribution < 1.29 is 0 Å². The molecule has 11 heavy (non-hydrogen) atoms. The van der Waals surface area contributed by atoms with Crippen molar-refractivity contribution in [3.05, 3.63) is 34.4 Å². The summed E-state index contributed by atoms with van der Waals surface area (Å²) < 4.78 is 0. The highest BCUT2D eigenvalue weighted by atomic mass is 35.5. The van der Waals surface area contributed by atoms with Crippen LogP contribution in [0.5, 0.6) is 0 Å². The molecular weight excluding hydrogens is 156 g/mol. The standard InChI is InChI=1S/C10H13Cl/c1-3-5-9-8(2)6-4-7-10(9)11/h3,5,7H,4,6H2,1-2H3/b5-3+. The van der Waals surface area contributed by atoms with Crippen molar-refractivity contribution in [2.24, 2.45) is 0 Å². The first kappa shape index (κ1) is 8.61. The van der Waals surface area contributed by atoms with Gasteiger partial charge in [-0.15, -0.1) is 0 Å². The molecule has 0 saturated heterocycles. The molecule has 0 aliphatic heterocycles. The lowest BCUT2D eigenvalue weighted by Crippen LogP contribution is -1.92. The molecule has 1 rings (SSSR count). The molecule has 0 spiro atoms. The number of halogens is 1. The highest BCUT2D eigenvalue weighted by Gasteiger charge is 2.07. The van der Waals surface area contributed by atoms with Crippen LogP contribution < -0.4 is 0 Å². The highest BCUT2D eigenvalue weighted by molar-refractivity contribution is 6.32. The Hall–Kier alpha value is -0.490. The van der Waals surface area contributed by atoms with Gasteiger partial charge < -0.3 is 0 Å². The molecule has 0 nitrogen and oxygen atoms in total. The summed E-state index contributed by atoms with van der Waals surface area (Å²) in [6, 6.07) is 0. The molecule has 0 heterocycles. The van der Waals surface area contributed by atoms with Gasteiger partial charge in [-0.25, -0.2) is 0 Å². The summed E-state index contributed by atoms with van der Waals surface area (Å²) in [5, 5.41) is 0.909. The molecular formula is C10H13Cl. The van der Waals surface area contributed by atoms with E-state index in [0.29, 0.717) is 0 Å². The second-order valence-corrected chi connectivity index (χ2v) is 3.19. The van der Waals surface area contributed by atoms with Crippen molar-refractivity contribution >= 4 is 11.6 Å². The van der Waals surface area contributed by atoms with E-state index in [1.54, 1.807) is 0 Å². The molecule has 1 aliphatic rings. The van der Waals surface area contributed by atoms with Crippen molar-refractivity contribution in [1.82, 2.24) is 0 Å². The molecule has 0 radical (unpaired) electrons. The van der Waals surface area contributed by atoms with Gasteiger partial charge in [-0.05, 0) is 32.3 Å². The van der Waals surface area contributed by atoms with Crippen LogP contribution in [0.4, 0.5) is 0 Å². The van der Waals surface area contributed by atoms with Crippen molar-refractivity contribution in [3.8, 4) is 0 Å². The van der Waals surface area contributed by atoms with Crippen molar-refractivity contribution in [2.75, 3.05) is 0 Å². The Morgan fingerprint density at radius 3 is 2.82 bits per heavy atom. The molecule has 1 heteroatoms. The van der Waals surface area contributed by atoms with Crippen LogP contribution in [-0.4, -0.2) is 0 Å². The van der Waals surface area contributed by atoms with E-state index in [4.69, 9.17) is 11.6 Å². The predicted octanol–water partition coefficient (Wildman–Crippen LogP) is 3.80. The maximum atomic E-state index is 6.01. The second kappa shape index (κ2) is 3.77. The maximum absolute atomic E-state index is 6.01. The van der Waals surface area contributed by atoms with Crippen LogP contribution in [0, 0.1) is 0 Å². The lowest BCUT2D eigenvalue weighted by Gasteiger charge is -2.11. The Morgan fingerprint density at radius 1 is 1.55 bits per heavy atom. The summed E-state index contributed by atoms with van der Waals surface area (Å²) in [4.78, 5) is 0. The first-order valence-corrected chi connectivity index (χ1v) is 4.32. The summed E-state index contributed by atoms with van der Waals surface area (Å²) in [7, 11) is 0. The minimum Gasteiger partial charge on any atom is -0.0870 e. The third kappa shape index (κ3) is 1.97. The third-order valence-electron chi connectivity index (χ3n) is 1.89. The van der Waals surface area contributed by atoms with E-state index in [2.05, 4.69) is 19.1 Å². The number of hydrogen-bond acceptors (Lipinski definition) is 0. The Labute approximate surface area is 73.3 Å². The van der Waals surface area contributed by atoms with Crippen molar-refractivity contribution in [2.45, 2.75) is 26.7 Å². The van der Waals surface area contributed by atoms with E-state index >= 15 is 0 Å². The van der Waals surface area contributed by atoms with Crippen LogP contribution in [0.25, 0.3) is 0 Å². The zero-order chi connectivity index (χ0) is 8.27. The van der Waals surface area contributed by atoms with Gasteiger partial charge in [-0.2, -0.15) is 0 Å². The van der Waals surface area contributed by atoms with E-state index in [0.717, 1.165) is 17.9 Å². The minimum absolute atomic E-state index is 0.909. The molecule has 0 amide bonds. The third-order valence-corrected chi connectivity index (χ3v) is 2.25. The zero-order valence-electron chi connectivity index (χ0n) is 7.02. The molecule has 60 valence electrons. The number of allylic oxidation sites excluding steroid dienone is 6. The summed E-state index contributed by atoms with van der Waals surface area (Å²) >= 11 is 6.01. The van der Waals surface area contributed by atoms with E-state index in [9.17, 15) is 0 Å². The predicted molar refractivity (Wildman–Crippen MR) is 50.7 cm³/mol. The van der Waals surface area contributed by atoms with Gasteiger partial charge in [0.1, 0.15) is 0 Å². The molecule has 0 saturated carbocycles. The molecule has 0 aromatic heterocycles. The fourth-order valence-electron chi connectivity index (χ4n) is 1.25. The summed E-state index contributed by atoms with van der Waals surface area (Å²) in [5.74, 6) is 0. The second-order valence-electron chi connectivity index (χ2n) is 2.78. The smallest absolute Gasteiger partial charge is 0.0437 e. The average Bonchev–Trinajstić information content (AvgIpc) is 1.97. The fraction of sp³-hybridized carbons (Fsp3) is 0.400. The van der Waals surface area contributed by atoms with Gasteiger partial charge in [0.2, 0.25) is 0 Å². The van der Waals surface area contributed by atoms with Crippen LogP contribution >= 0.6 is 11.6 Å². The topological polar surface area (TPSA) is 0 Å². The van der Waals surface area contributed by atoms with Crippen LogP contribution in [0.2, 0.25) is 0 Å². The molecule has 0 aromatic carbocycles. The largest absolute Gasteiger partial charge is 0.0870 e. The van der Waals surface area contributed by atoms with Crippen LogP contribution in [0.1, 0.15) is 26.7 Å². The SMILES string of the molecule is C/C=C/C1=C(C)CCC=C1Cl. The summed E-state index contributed by atoms with van der Waals surface area (Å²) in [5.41, 5.74) is 2.61. The summed E-state index contributed by atoms with van der Waals surface area (Å²) in [6.45, 7) is 4.16. The van der Waals surface area contributed by atoms with Gasteiger partial charge in [-0.3, -0.25) is 0 Å². The van der Waals surface area contributed by atoms with Crippen LogP contribution in [-0.2, 0) is 0 Å². The molecule has 0 aromatic rings. The van der Waals surface area contributed by atoms with Crippen LogP contribution in [0.3, 0.4) is 0 Å². The lowest BCUT2D eigenvalue weighted by molar-refractivity contribution is 0.943. The van der Waals surface area contributed by atoms with E-state index in [-0.39, 0.29) is 0 Å². The molecule has 0 bridgehead atoms. The Bertz CT molecular complexity index is 231. The summed E-state index contributed by atoms with van der Waals surface area (Å²) in [6.07, 6.45) is 8.43. The Kier molecular flexibility index (Phi) is 2.95. The number of rotatable bonds is 1. The molecule has 0 atom stereocenters. The van der Waals surface area contributed by atoms with Gasteiger partial charge in [0.15, 0.2) is 0 Å². The highest BCUT2D eigenvalue weighted by Crippen LogP contribution is 2.28. The van der Waals surface area contributed by atoms with Gasteiger partial charge >= 0.3 is 0 Å².